The Hall–Kier alpha value is -2.26. The van der Waals surface area contributed by atoms with E-state index >= 15 is 0 Å². The van der Waals surface area contributed by atoms with Gasteiger partial charge in [-0.2, -0.15) is 0 Å². The smallest absolute Gasteiger partial charge is 0.142 e. The summed E-state index contributed by atoms with van der Waals surface area (Å²) < 4.78 is 0. The standard InChI is InChI=1S/C18H15NOS/c1-19-15-8-4-5-9-17(15)21-18-13-14(10-11-16(18)19)7-3-2-6-12-20/h2-13H,1H3/b6-2+,7-3+. The maximum atomic E-state index is 10.2. The third-order valence-corrected chi connectivity index (χ3v) is 4.49. The van der Waals surface area contributed by atoms with Gasteiger partial charge in [0.1, 0.15) is 6.29 Å². The van der Waals surface area contributed by atoms with Crippen molar-refractivity contribution >= 4 is 35.5 Å². The van der Waals surface area contributed by atoms with Gasteiger partial charge in [0.25, 0.3) is 0 Å². The van der Waals surface area contributed by atoms with Gasteiger partial charge in [-0.3, -0.25) is 4.79 Å². The summed E-state index contributed by atoms with van der Waals surface area (Å²) in [5.74, 6) is 0. The van der Waals surface area contributed by atoms with Crippen molar-refractivity contribution in [2.45, 2.75) is 9.79 Å². The SMILES string of the molecule is CN1c2ccccc2Sc2cc(/C=C/C=C/C=O)ccc21. The van der Waals surface area contributed by atoms with Gasteiger partial charge >= 0.3 is 0 Å². The largest absolute Gasteiger partial charge is 0.343 e. The lowest BCUT2D eigenvalue weighted by atomic mass is 10.1. The fourth-order valence-corrected chi connectivity index (χ4v) is 3.54. The molecule has 0 aliphatic carbocycles. The third kappa shape index (κ3) is 2.78. The second-order valence-corrected chi connectivity index (χ2v) is 5.82. The molecule has 0 amide bonds. The predicted octanol–water partition coefficient (Wildman–Crippen LogP) is 4.69. The van der Waals surface area contributed by atoms with Crippen molar-refractivity contribution in [3.8, 4) is 0 Å². The van der Waals surface area contributed by atoms with Crippen molar-refractivity contribution in [3.05, 3.63) is 66.3 Å². The zero-order chi connectivity index (χ0) is 14.7. The van der Waals surface area contributed by atoms with Gasteiger partial charge in [0, 0.05) is 16.8 Å². The molecule has 1 heterocycles. The average Bonchev–Trinajstić information content (AvgIpc) is 2.52. The van der Waals surface area contributed by atoms with Crippen molar-refractivity contribution in [2.75, 3.05) is 11.9 Å². The highest BCUT2D eigenvalue weighted by Gasteiger charge is 2.19. The number of aldehydes is 1. The monoisotopic (exact) mass is 293 g/mol. The summed E-state index contributed by atoms with van der Waals surface area (Å²) in [7, 11) is 2.10. The molecule has 0 spiro atoms. The number of carbonyl (C=O) groups excluding carboxylic acids is 1. The van der Waals surface area contributed by atoms with Gasteiger partial charge in [-0.25, -0.2) is 0 Å². The van der Waals surface area contributed by atoms with Crippen molar-refractivity contribution in [1.29, 1.82) is 0 Å². The van der Waals surface area contributed by atoms with Crippen LogP contribution in [-0.2, 0) is 4.79 Å². The average molecular weight is 293 g/mol. The number of carbonyl (C=O) groups is 1. The topological polar surface area (TPSA) is 20.3 Å². The first kappa shape index (κ1) is 13.7. The van der Waals surface area contributed by atoms with Crippen LogP contribution >= 0.6 is 11.8 Å². The van der Waals surface area contributed by atoms with Gasteiger partial charge in [-0.15, -0.1) is 0 Å². The van der Waals surface area contributed by atoms with Crippen LogP contribution in [0.5, 0.6) is 0 Å². The molecule has 3 rings (SSSR count). The van der Waals surface area contributed by atoms with Crippen LogP contribution in [0.2, 0.25) is 0 Å². The van der Waals surface area contributed by atoms with Crippen molar-refractivity contribution in [3.63, 3.8) is 0 Å². The molecule has 0 saturated carbocycles. The Balaban J connectivity index is 1.93. The molecular formula is C18H15NOS. The Morgan fingerprint density at radius 1 is 0.952 bits per heavy atom. The second-order valence-electron chi connectivity index (χ2n) is 4.74. The first-order chi connectivity index (χ1) is 10.3. The van der Waals surface area contributed by atoms with E-state index in [1.165, 1.54) is 27.2 Å². The summed E-state index contributed by atoms with van der Waals surface area (Å²) in [5.41, 5.74) is 3.59. The molecule has 3 heteroatoms. The second kappa shape index (κ2) is 6.02. The fourth-order valence-electron chi connectivity index (χ4n) is 2.34. The van der Waals surface area contributed by atoms with Gasteiger partial charge in [0.05, 0.1) is 11.4 Å². The van der Waals surface area contributed by atoms with Crippen molar-refractivity contribution in [1.82, 2.24) is 0 Å². The van der Waals surface area contributed by atoms with Crippen LogP contribution in [0.3, 0.4) is 0 Å². The molecule has 0 aromatic heterocycles. The Labute approximate surface area is 128 Å². The van der Waals surface area contributed by atoms with E-state index in [-0.39, 0.29) is 0 Å². The fraction of sp³-hybridized carbons (Fsp3) is 0.0556. The number of hydrogen-bond donors (Lipinski definition) is 0. The number of anilines is 2. The highest BCUT2D eigenvalue weighted by atomic mass is 32.2. The number of benzene rings is 2. The lowest BCUT2D eigenvalue weighted by molar-refractivity contribution is -0.104. The molecule has 2 aromatic carbocycles. The summed E-state index contributed by atoms with van der Waals surface area (Å²) in [6, 6.07) is 14.8. The number of nitrogens with zero attached hydrogens (tertiary/aromatic N) is 1. The molecule has 0 fully saturated rings. The molecule has 21 heavy (non-hydrogen) atoms. The van der Waals surface area contributed by atoms with E-state index in [2.05, 4.69) is 54.4 Å². The van der Waals surface area contributed by atoms with Gasteiger partial charge in [-0.05, 0) is 35.9 Å². The molecule has 0 bridgehead atoms. The minimum Gasteiger partial charge on any atom is -0.343 e. The molecular weight excluding hydrogens is 278 g/mol. The maximum Gasteiger partial charge on any atom is 0.142 e. The van der Waals surface area contributed by atoms with Crippen LogP contribution in [0.4, 0.5) is 11.4 Å². The van der Waals surface area contributed by atoms with E-state index in [1.54, 1.807) is 17.8 Å². The van der Waals surface area contributed by atoms with Crippen LogP contribution in [0.25, 0.3) is 6.08 Å². The lowest BCUT2D eigenvalue weighted by Gasteiger charge is -2.29. The van der Waals surface area contributed by atoms with Gasteiger partial charge < -0.3 is 4.90 Å². The van der Waals surface area contributed by atoms with Crippen molar-refractivity contribution in [2.24, 2.45) is 0 Å². The molecule has 0 unspecified atom stereocenters. The van der Waals surface area contributed by atoms with Crippen LogP contribution in [0.15, 0.2) is 70.5 Å². The lowest BCUT2D eigenvalue weighted by Crippen LogP contribution is -2.14. The molecule has 1 aliphatic heterocycles. The third-order valence-electron chi connectivity index (χ3n) is 3.38. The Morgan fingerprint density at radius 2 is 1.76 bits per heavy atom. The number of allylic oxidation sites excluding steroid dienone is 3. The number of rotatable bonds is 3. The molecule has 0 N–H and O–H groups in total. The summed E-state index contributed by atoms with van der Waals surface area (Å²) in [6.07, 6.45) is 7.87. The summed E-state index contributed by atoms with van der Waals surface area (Å²) in [5, 5.41) is 0. The number of para-hydroxylation sites is 1. The van der Waals surface area contributed by atoms with Gasteiger partial charge in [0.15, 0.2) is 0 Å². The zero-order valence-electron chi connectivity index (χ0n) is 11.7. The number of fused-ring (bicyclic) bond motifs is 2. The van der Waals surface area contributed by atoms with Crippen molar-refractivity contribution < 1.29 is 4.79 Å². The summed E-state index contributed by atoms with van der Waals surface area (Å²) in [6.45, 7) is 0. The minimum atomic E-state index is 0.777. The molecule has 0 radical (unpaired) electrons. The Morgan fingerprint density at radius 3 is 2.62 bits per heavy atom. The highest BCUT2D eigenvalue weighted by molar-refractivity contribution is 7.99. The maximum absolute atomic E-state index is 10.2. The Kier molecular flexibility index (Phi) is 3.93. The highest BCUT2D eigenvalue weighted by Crippen LogP contribution is 2.47. The van der Waals surface area contributed by atoms with E-state index < -0.39 is 0 Å². The van der Waals surface area contributed by atoms with Gasteiger partial charge in [-0.1, -0.05) is 48.2 Å². The van der Waals surface area contributed by atoms with E-state index in [4.69, 9.17) is 0 Å². The van der Waals surface area contributed by atoms with Gasteiger partial charge in [0.2, 0.25) is 0 Å². The van der Waals surface area contributed by atoms with Crippen LogP contribution < -0.4 is 4.90 Å². The van der Waals surface area contributed by atoms with E-state index in [0.29, 0.717) is 0 Å². The summed E-state index contributed by atoms with van der Waals surface area (Å²) >= 11 is 1.79. The zero-order valence-corrected chi connectivity index (χ0v) is 12.5. The molecule has 2 aromatic rings. The number of hydrogen-bond acceptors (Lipinski definition) is 3. The molecule has 1 aliphatic rings. The quantitative estimate of drug-likeness (QED) is 0.465. The first-order valence-corrected chi connectivity index (χ1v) is 7.54. The summed E-state index contributed by atoms with van der Waals surface area (Å²) in [4.78, 5) is 15.0. The molecule has 104 valence electrons. The van der Waals surface area contributed by atoms with Crippen LogP contribution in [0, 0.1) is 0 Å². The molecule has 0 saturated heterocycles. The van der Waals surface area contributed by atoms with E-state index in [1.807, 2.05) is 12.2 Å². The molecule has 0 atom stereocenters. The van der Waals surface area contributed by atoms with Crippen LogP contribution in [0.1, 0.15) is 5.56 Å². The van der Waals surface area contributed by atoms with E-state index in [9.17, 15) is 4.79 Å². The minimum absolute atomic E-state index is 0.777. The first-order valence-electron chi connectivity index (χ1n) is 6.73. The molecule has 2 nitrogen and oxygen atoms in total. The van der Waals surface area contributed by atoms with E-state index in [0.717, 1.165) is 11.8 Å². The van der Waals surface area contributed by atoms with Crippen LogP contribution in [-0.4, -0.2) is 13.3 Å². The normalized spacial score (nSPS) is 13.5. The Bertz CT molecular complexity index is 734. The predicted molar refractivity (Wildman–Crippen MR) is 89.3 cm³/mol.